The van der Waals surface area contributed by atoms with Gasteiger partial charge in [-0.3, -0.25) is 0 Å². The van der Waals surface area contributed by atoms with Gasteiger partial charge in [-0.1, -0.05) is 22.9 Å². The van der Waals surface area contributed by atoms with E-state index in [9.17, 15) is 4.39 Å². The van der Waals surface area contributed by atoms with Gasteiger partial charge in [0, 0.05) is 17.6 Å². The number of hydrogen-bond donors (Lipinski definition) is 0. The van der Waals surface area contributed by atoms with E-state index >= 15 is 0 Å². The first-order valence-corrected chi connectivity index (χ1v) is 6.16. The second kappa shape index (κ2) is 4.52. The van der Waals surface area contributed by atoms with Crippen LogP contribution in [0.1, 0.15) is 19.8 Å². The van der Waals surface area contributed by atoms with Gasteiger partial charge in [-0.15, -0.1) is 0 Å². The largest absolute Gasteiger partial charge is 0.369 e. The summed E-state index contributed by atoms with van der Waals surface area (Å²) in [7, 11) is 0. The molecule has 1 heterocycles. The Hall–Kier alpha value is -0.570. The van der Waals surface area contributed by atoms with Crippen molar-refractivity contribution in [3.8, 4) is 0 Å². The molecule has 0 atom stereocenters. The molecule has 1 fully saturated rings. The lowest BCUT2D eigenvalue weighted by atomic mass is 9.99. The van der Waals surface area contributed by atoms with Gasteiger partial charge in [-0.05, 0) is 37.0 Å². The minimum Gasteiger partial charge on any atom is -0.369 e. The quantitative estimate of drug-likeness (QED) is 0.751. The van der Waals surface area contributed by atoms with Crippen LogP contribution in [0.25, 0.3) is 0 Å². The SMILES string of the molecule is CC1CCN(c2cc(Br)ccc2F)CC1. The van der Waals surface area contributed by atoms with E-state index in [4.69, 9.17) is 0 Å². The van der Waals surface area contributed by atoms with E-state index in [-0.39, 0.29) is 5.82 Å². The number of halogens is 2. The highest BCUT2D eigenvalue weighted by Gasteiger charge is 2.18. The maximum atomic E-state index is 13.6. The first-order chi connectivity index (χ1) is 7.16. The Kier molecular flexibility index (Phi) is 3.29. The second-order valence-corrected chi connectivity index (χ2v) is 5.18. The van der Waals surface area contributed by atoms with Crippen molar-refractivity contribution < 1.29 is 4.39 Å². The summed E-state index contributed by atoms with van der Waals surface area (Å²) in [5, 5.41) is 0. The molecule has 0 aliphatic carbocycles. The fourth-order valence-corrected chi connectivity index (χ4v) is 2.33. The molecule has 0 saturated carbocycles. The van der Waals surface area contributed by atoms with Crippen molar-refractivity contribution in [2.75, 3.05) is 18.0 Å². The van der Waals surface area contributed by atoms with Crippen LogP contribution in [0.4, 0.5) is 10.1 Å². The van der Waals surface area contributed by atoms with Gasteiger partial charge in [0.25, 0.3) is 0 Å². The minimum atomic E-state index is -0.118. The Morgan fingerprint density at radius 3 is 2.67 bits per heavy atom. The van der Waals surface area contributed by atoms with Gasteiger partial charge in [0.05, 0.1) is 5.69 Å². The zero-order valence-corrected chi connectivity index (χ0v) is 10.4. The van der Waals surface area contributed by atoms with Gasteiger partial charge in [0.2, 0.25) is 0 Å². The summed E-state index contributed by atoms with van der Waals surface area (Å²) in [6.07, 6.45) is 2.32. The molecule has 1 aliphatic heterocycles. The Balaban J connectivity index is 2.18. The summed E-state index contributed by atoms with van der Waals surface area (Å²) in [6, 6.07) is 5.13. The van der Waals surface area contributed by atoms with E-state index in [0.29, 0.717) is 0 Å². The van der Waals surface area contributed by atoms with Crippen LogP contribution in [0.15, 0.2) is 22.7 Å². The molecular formula is C12H15BrFN. The topological polar surface area (TPSA) is 3.24 Å². The molecule has 1 nitrogen and oxygen atoms in total. The molecule has 82 valence electrons. The molecule has 0 radical (unpaired) electrons. The van der Waals surface area contributed by atoms with Crippen LogP contribution in [-0.4, -0.2) is 13.1 Å². The van der Waals surface area contributed by atoms with Crippen LogP contribution in [0.5, 0.6) is 0 Å². The summed E-state index contributed by atoms with van der Waals surface area (Å²) >= 11 is 3.38. The Morgan fingerprint density at radius 2 is 2.00 bits per heavy atom. The molecule has 1 aliphatic rings. The van der Waals surface area contributed by atoms with E-state index in [1.54, 1.807) is 6.07 Å². The number of hydrogen-bond acceptors (Lipinski definition) is 1. The zero-order chi connectivity index (χ0) is 10.8. The summed E-state index contributed by atoms with van der Waals surface area (Å²) < 4.78 is 14.5. The molecule has 0 unspecified atom stereocenters. The van der Waals surface area contributed by atoms with Crippen LogP contribution >= 0.6 is 15.9 Å². The lowest BCUT2D eigenvalue weighted by Crippen LogP contribution is -2.33. The molecule has 2 rings (SSSR count). The normalized spacial score (nSPS) is 18.2. The number of anilines is 1. The third-order valence-electron chi connectivity index (χ3n) is 3.03. The Morgan fingerprint density at radius 1 is 1.33 bits per heavy atom. The van der Waals surface area contributed by atoms with Gasteiger partial charge in [-0.25, -0.2) is 4.39 Å². The number of rotatable bonds is 1. The smallest absolute Gasteiger partial charge is 0.146 e. The second-order valence-electron chi connectivity index (χ2n) is 4.27. The van der Waals surface area contributed by atoms with Crippen LogP contribution in [0, 0.1) is 11.7 Å². The molecule has 0 bridgehead atoms. The molecule has 0 amide bonds. The van der Waals surface area contributed by atoms with E-state index in [1.165, 1.54) is 6.07 Å². The third-order valence-corrected chi connectivity index (χ3v) is 3.53. The molecule has 15 heavy (non-hydrogen) atoms. The summed E-state index contributed by atoms with van der Waals surface area (Å²) in [4.78, 5) is 2.14. The van der Waals surface area contributed by atoms with Gasteiger partial charge in [0.1, 0.15) is 5.82 Å². The minimum absolute atomic E-state index is 0.118. The molecule has 0 spiro atoms. The number of benzene rings is 1. The van der Waals surface area contributed by atoms with Crippen molar-refractivity contribution in [1.29, 1.82) is 0 Å². The maximum Gasteiger partial charge on any atom is 0.146 e. The molecule has 1 saturated heterocycles. The van der Waals surface area contributed by atoms with Crippen LogP contribution in [0.3, 0.4) is 0 Å². The maximum absolute atomic E-state index is 13.6. The summed E-state index contributed by atoms with van der Waals surface area (Å²) in [5.74, 6) is 0.657. The van der Waals surface area contributed by atoms with Crippen molar-refractivity contribution in [3.05, 3.63) is 28.5 Å². The number of piperidine rings is 1. The highest BCUT2D eigenvalue weighted by molar-refractivity contribution is 9.10. The first kappa shape index (κ1) is 10.9. The van der Waals surface area contributed by atoms with E-state index < -0.39 is 0 Å². The van der Waals surface area contributed by atoms with Crippen LogP contribution < -0.4 is 4.90 Å². The fourth-order valence-electron chi connectivity index (χ4n) is 1.98. The predicted molar refractivity (Wildman–Crippen MR) is 64.7 cm³/mol. The zero-order valence-electron chi connectivity index (χ0n) is 8.84. The van der Waals surface area contributed by atoms with Crippen molar-refractivity contribution in [1.82, 2.24) is 0 Å². The fraction of sp³-hybridized carbons (Fsp3) is 0.500. The van der Waals surface area contributed by atoms with Crippen molar-refractivity contribution >= 4 is 21.6 Å². The average Bonchev–Trinajstić information content (AvgIpc) is 2.23. The third kappa shape index (κ3) is 2.51. The molecule has 3 heteroatoms. The predicted octanol–water partition coefficient (Wildman–Crippen LogP) is 3.82. The lowest BCUT2D eigenvalue weighted by molar-refractivity contribution is 0.434. The van der Waals surface area contributed by atoms with Gasteiger partial charge in [-0.2, -0.15) is 0 Å². The van der Waals surface area contributed by atoms with E-state index in [0.717, 1.165) is 42.0 Å². The standard InChI is InChI=1S/C12H15BrFN/c1-9-4-6-15(7-5-9)12-8-10(13)2-3-11(12)14/h2-3,8-9H,4-7H2,1H3. The molecule has 1 aromatic rings. The van der Waals surface area contributed by atoms with Crippen LogP contribution in [0.2, 0.25) is 0 Å². The van der Waals surface area contributed by atoms with Gasteiger partial charge >= 0.3 is 0 Å². The molecule has 0 N–H and O–H groups in total. The average molecular weight is 272 g/mol. The Labute approximate surface area is 98.4 Å². The van der Waals surface area contributed by atoms with Crippen molar-refractivity contribution in [2.45, 2.75) is 19.8 Å². The monoisotopic (exact) mass is 271 g/mol. The van der Waals surface area contributed by atoms with Crippen LogP contribution in [-0.2, 0) is 0 Å². The van der Waals surface area contributed by atoms with Crippen molar-refractivity contribution in [2.24, 2.45) is 5.92 Å². The van der Waals surface area contributed by atoms with E-state index in [1.807, 2.05) is 6.07 Å². The number of nitrogens with zero attached hydrogens (tertiary/aromatic N) is 1. The highest BCUT2D eigenvalue weighted by Crippen LogP contribution is 2.27. The van der Waals surface area contributed by atoms with Gasteiger partial charge < -0.3 is 4.90 Å². The Bertz CT molecular complexity index is 345. The lowest BCUT2D eigenvalue weighted by Gasteiger charge is -2.32. The first-order valence-electron chi connectivity index (χ1n) is 5.37. The molecular weight excluding hydrogens is 257 g/mol. The molecule has 1 aromatic carbocycles. The summed E-state index contributed by atoms with van der Waals surface area (Å²) in [6.45, 7) is 4.19. The van der Waals surface area contributed by atoms with Gasteiger partial charge in [0.15, 0.2) is 0 Å². The highest BCUT2D eigenvalue weighted by atomic mass is 79.9. The molecule has 0 aromatic heterocycles. The van der Waals surface area contributed by atoms with E-state index in [2.05, 4.69) is 27.8 Å². The summed E-state index contributed by atoms with van der Waals surface area (Å²) in [5.41, 5.74) is 0.733. The van der Waals surface area contributed by atoms with Crippen molar-refractivity contribution in [3.63, 3.8) is 0 Å².